The third-order valence-electron chi connectivity index (χ3n) is 10.3. The number of fused-ring (bicyclic) bond motifs is 6. The van der Waals surface area contributed by atoms with Crippen LogP contribution in [0, 0.1) is 28.6 Å². The van der Waals surface area contributed by atoms with Crippen molar-refractivity contribution in [3.05, 3.63) is 11.6 Å². The highest BCUT2D eigenvalue weighted by atomic mass is 16.7. The van der Waals surface area contributed by atoms with Crippen molar-refractivity contribution in [3.8, 4) is 0 Å². The van der Waals surface area contributed by atoms with Gasteiger partial charge in [-0.1, -0.05) is 25.5 Å². The molecule has 0 unspecified atom stereocenters. The van der Waals surface area contributed by atoms with Crippen molar-refractivity contribution in [2.45, 2.75) is 96.4 Å². The quantitative estimate of drug-likeness (QED) is 0.392. The van der Waals surface area contributed by atoms with Crippen LogP contribution < -0.4 is 5.73 Å². The molecule has 0 bridgehead atoms. The Morgan fingerprint density at radius 1 is 1.06 bits per heavy atom. The first-order valence-corrected chi connectivity index (χ1v) is 12.5. The van der Waals surface area contributed by atoms with Gasteiger partial charge in [-0.25, -0.2) is 0 Å². The summed E-state index contributed by atoms with van der Waals surface area (Å²) in [7, 11) is 0. The second-order valence-corrected chi connectivity index (χ2v) is 11.6. The van der Waals surface area contributed by atoms with Gasteiger partial charge in [-0.15, -0.1) is 0 Å². The van der Waals surface area contributed by atoms with Gasteiger partial charge in [0.2, 0.25) is 5.60 Å². The van der Waals surface area contributed by atoms with Crippen molar-refractivity contribution in [3.63, 3.8) is 0 Å². The van der Waals surface area contributed by atoms with Gasteiger partial charge in [0.15, 0.2) is 0 Å². The lowest BCUT2D eigenvalue weighted by Gasteiger charge is -2.58. The standard InChI is InChI=1S/C26H37NO6/c1-15(28)31-14-25(22(27)30)26(33-25)12-9-21-19-6-5-17-13-18(32-16(2)29)7-10-23(17,3)20(19)8-11-24(21,26)4/h5,18-21H,6-14H2,1-4H3,(H2,27,30)/t18-,19-,20+,21+,23-,24-,25+,26-/m0/s1. The molecule has 7 nitrogen and oxygen atoms in total. The number of esters is 2. The highest BCUT2D eigenvalue weighted by Crippen LogP contribution is 2.75. The zero-order valence-electron chi connectivity index (χ0n) is 20.3. The third-order valence-corrected chi connectivity index (χ3v) is 10.3. The molecule has 0 aromatic carbocycles. The van der Waals surface area contributed by atoms with Crippen molar-refractivity contribution in [1.29, 1.82) is 0 Å². The molecule has 7 heteroatoms. The van der Waals surface area contributed by atoms with Crippen LogP contribution in [0.3, 0.4) is 0 Å². The fraction of sp³-hybridized carbons (Fsp3) is 0.808. The van der Waals surface area contributed by atoms with Crippen molar-refractivity contribution in [2.75, 3.05) is 6.61 Å². The first-order valence-electron chi connectivity index (χ1n) is 12.5. The van der Waals surface area contributed by atoms with Gasteiger partial charge in [-0.05, 0) is 68.1 Å². The van der Waals surface area contributed by atoms with Gasteiger partial charge in [-0.2, -0.15) is 0 Å². The number of ether oxygens (including phenoxy) is 3. The Balaban J connectivity index is 1.40. The first kappa shape index (κ1) is 22.9. The van der Waals surface area contributed by atoms with Crippen LogP contribution in [-0.4, -0.2) is 41.8 Å². The van der Waals surface area contributed by atoms with E-state index in [9.17, 15) is 14.4 Å². The van der Waals surface area contributed by atoms with E-state index in [1.54, 1.807) is 0 Å². The second kappa shape index (κ2) is 7.30. The highest BCUT2D eigenvalue weighted by molar-refractivity contribution is 5.89. The SMILES string of the molecule is CC(=O)OC[C@]1(C(N)=O)O[C@]12CC[C@@H]1[C@H]3CC=C4C[C@@H](OC(C)=O)CC[C@]4(C)[C@@H]3CC[C@@]12C. The van der Waals surface area contributed by atoms with Crippen LogP contribution >= 0.6 is 0 Å². The number of carbonyl (C=O) groups is 3. The average molecular weight is 460 g/mol. The van der Waals surface area contributed by atoms with Crippen LogP contribution in [0.25, 0.3) is 0 Å². The Labute approximate surface area is 195 Å². The molecule has 2 N–H and O–H groups in total. The summed E-state index contributed by atoms with van der Waals surface area (Å²) in [6.07, 6.45) is 10.1. The van der Waals surface area contributed by atoms with Crippen LogP contribution in [0.2, 0.25) is 0 Å². The van der Waals surface area contributed by atoms with Crippen LogP contribution in [0.1, 0.15) is 79.1 Å². The molecule has 0 aromatic rings. The van der Waals surface area contributed by atoms with Crippen molar-refractivity contribution in [1.82, 2.24) is 0 Å². The minimum atomic E-state index is -1.20. The zero-order chi connectivity index (χ0) is 23.8. The topological polar surface area (TPSA) is 108 Å². The summed E-state index contributed by atoms with van der Waals surface area (Å²) in [6.45, 7) is 7.43. The highest BCUT2D eigenvalue weighted by Gasteiger charge is 2.84. The first-order chi connectivity index (χ1) is 15.5. The molecule has 5 rings (SSSR count). The third kappa shape index (κ3) is 3.00. The summed E-state index contributed by atoms with van der Waals surface area (Å²) in [6, 6.07) is 0. The number of epoxide rings is 1. The molecule has 182 valence electrons. The molecular formula is C26H37NO6. The van der Waals surface area contributed by atoms with Gasteiger partial charge in [0.1, 0.15) is 18.3 Å². The Hall–Kier alpha value is -1.89. The van der Waals surface area contributed by atoms with Gasteiger partial charge in [0, 0.05) is 25.7 Å². The largest absolute Gasteiger partial charge is 0.462 e. The number of hydrogen-bond donors (Lipinski definition) is 1. The maximum Gasteiger partial charge on any atom is 0.302 e. The molecule has 5 aliphatic rings. The zero-order valence-corrected chi connectivity index (χ0v) is 20.3. The van der Waals surface area contributed by atoms with E-state index >= 15 is 0 Å². The van der Waals surface area contributed by atoms with Gasteiger partial charge in [-0.3, -0.25) is 14.4 Å². The fourth-order valence-electron chi connectivity index (χ4n) is 8.73. The number of amides is 1. The summed E-state index contributed by atoms with van der Waals surface area (Å²) in [5.41, 5.74) is 5.44. The minimum Gasteiger partial charge on any atom is -0.462 e. The lowest BCUT2D eigenvalue weighted by atomic mass is 9.47. The number of rotatable bonds is 4. The maximum atomic E-state index is 12.6. The second-order valence-electron chi connectivity index (χ2n) is 11.6. The number of hydrogen-bond acceptors (Lipinski definition) is 6. The van der Waals surface area contributed by atoms with E-state index in [-0.39, 0.29) is 29.5 Å². The van der Waals surface area contributed by atoms with E-state index in [4.69, 9.17) is 19.9 Å². The molecule has 1 heterocycles. The van der Waals surface area contributed by atoms with E-state index in [2.05, 4.69) is 19.9 Å². The molecule has 4 fully saturated rings. The average Bonchev–Trinajstić information content (AvgIpc) is 3.33. The Kier molecular flexibility index (Phi) is 5.06. The molecule has 1 spiro atoms. The molecule has 4 aliphatic carbocycles. The van der Waals surface area contributed by atoms with Gasteiger partial charge < -0.3 is 19.9 Å². The predicted octanol–water partition coefficient (Wildman–Crippen LogP) is 3.44. The van der Waals surface area contributed by atoms with Gasteiger partial charge in [0.05, 0.1) is 0 Å². The van der Waals surface area contributed by atoms with Crippen molar-refractivity contribution < 1.29 is 28.6 Å². The molecule has 8 atom stereocenters. The van der Waals surface area contributed by atoms with Gasteiger partial charge in [0.25, 0.3) is 5.91 Å². The van der Waals surface area contributed by atoms with Crippen LogP contribution in [0.15, 0.2) is 11.6 Å². The molecule has 1 saturated heterocycles. The lowest BCUT2D eigenvalue weighted by molar-refractivity contribution is -0.148. The van der Waals surface area contributed by atoms with E-state index in [0.29, 0.717) is 17.8 Å². The lowest BCUT2D eigenvalue weighted by Crippen LogP contribution is -2.55. The Morgan fingerprint density at radius 2 is 1.79 bits per heavy atom. The number of nitrogens with two attached hydrogens (primary N) is 1. The molecule has 0 aromatic heterocycles. The van der Waals surface area contributed by atoms with E-state index in [0.717, 1.165) is 51.4 Å². The normalized spacial score (nSPS) is 47.6. The molecule has 3 saturated carbocycles. The summed E-state index contributed by atoms with van der Waals surface area (Å²) in [5.74, 6) is 0.417. The van der Waals surface area contributed by atoms with Crippen LogP contribution in [-0.2, 0) is 28.6 Å². The Morgan fingerprint density at radius 3 is 2.45 bits per heavy atom. The maximum absolute atomic E-state index is 12.6. The van der Waals surface area contributed by atoms with Crippen LogP contribution in [0.5, 0.6) is 0 Å². The Bertz CT molecular complexity index is 930. The van der Waals surface area contributed by atoms with E-state index in [1.165, 1.54) is 19.4 Å². The predicted molar refractivity (Wildman–Crippen MR) is 120 cm³/mol. The smallest absolute Gasteiger partial charge is 0.302 e. The molecular weight excluding hydrogens is 422 g/mol. The number of allylic oxidation sites excluding steroid dienone is 1. The summed E-state index contributed by atoms with van der Waals surface area (Å²) in [5, 5.41) is 0. The van der Waals surface area contributed by atoms with Crippen molar-refractivity contribution in [2.24, 2.45) is 34.3 Å². The molecule has 1 aliphatic heterocycles. The monoisotopic (exact) mass is 459 g/mol. The van der Waals surface area contributed by atoms with E-state index < -0.39 is 23.1 Å². The summed E-state index contributed by atoms with van der Waals surface area (Å²) >= 11 is 0. The number of carbonyl (C=O) groups excluding carboxylic acids is 3. The summed E-state index contributed by atoms with van der Waals surface area (Å²) in [4.78, 5) is 35.5. The van der Waals surface area contributed by atoms with Crippen molar-refractivity contribution >= 4 is 17.8 Å². The number of primary amides is 1. The van der Waals surface area contributed by atoms with E-state index in [1.807, 2.05) is 0 Å². The fourth-order valence-corrected chi connectivity index (χ4v) is 8.73. The molecule has 1 amide bonds. The molecule has 0 radical (unpaired) electrons. The van der Waals surface area contributed by atoms with Gasteiger partial charge >= 0.3 is 11.9 Å². The van der Waals surface area contributed by atoms with Crippen LogP contribution in [0.4, 0.5) is 0 Å². The molecule has 33 heavy (non-hydrogen) atoms. The summed E-state index contributed by atoms with van der Waals surface area (Å²) < 4.78 is 17.1. The minimum absolute atomic E-state index is 0.000644.